The van der Waals surface area contributed by atoms with Gasteiger partial charge in [0.2, 0.25) is 11.8 Å². The standard InChI is InChI=1S/C27H25N7O4S/c1-15-13-18(38-21-6-3-10-29-32-21)7-8-19(15)34-20-9-11-28-26-22(20)23(31-27(34)37)24(39-26)25(36)30-17-5-4-12-33(14-17)16(2)35/h3,6-11,13,17H,4-5,12,14H2,1-2H3,(H,30,36)(H,31,37). The fraction of sp³-hybridized carbons (Fsp3) is 0.259. The number of hydrogen-bond acceptors (Lipinski definition) is 8. The van der Waals surface area contributed by atoms with Crippen molar-refractivity contribution in [1.29, 1.82) is 0 Å². The molecule has 11 nitrogen and oxygen atoms in total. The number of nitrogens with zero attached hydrogens (tertiary/aromatic N) is 5. The summed E-state index contributed by atoms with van der Waals surface area (Å²) in [6, 6.07) is 10.1. The van der Waals surface area contributed by atoms with Crippen LogP contribution in [0.2, 0.25) is 0 Å². The van der Waals surface area contributed by atoms with Gasteiger partial charge in [-0.3, -0.25) is 14.5 Å². The van der Waals surface area contributed by atoms with Crippen LogP contribution in [0.5, 0.6) is 11.6 Å². The molecule has 0 saturated carbocycles. The average molecular weight is 544 g/mol. The third kappa shape index (κ3) is 4.63. The highest BCUT2D eigenvalue weighted by atomic mass is 32.1. The van der Waals surface area contributed by atoms with Crippen LogP contribution in [0.1, 0.15) is 35.0 Å². The van der Waals surface area contributed by atoms with Gasteiger partial charge < -0.3 is 20.3 Å². The summed E-state index contributed by atoms with van der Waals surface area (Å²) in [4.78, 5) is 47.5. The van der Waals surface area contributed by atoms with Crippen molar-refractivity contribution in [2.75, 3.05) is 23.3 Å². The first-order valence-electron chi connectivity index (χ1n) is 12.5. The molecule has 5 heterocycles. The molecule has 0 spiro atoms. The first-order chi connectivity index (χ1) is 18.9. The van der Waals surface area contributed by atoms with E-state index in [1.807, 2.05) is 19.1 Å². The Morgan fingerprint density at radius 1 is 1.18 bits per heavy atom. The van der Waals surface area contributed by atoms with E-state index < -0.39 is 0 Å². The number of pyridine rings is 1. The van der Waals surface area contributed by atoms with Crippen molar-refractivity contribution in [3.63, 3.8) is 0 Å². The second-order valence-electron chi connectivity index (χ2n) is 9.47. The Labute approximate surface area is 227 Å². The van der Waals surface area contributed by atoms with Crippen LogP contribution in [0.3, 0.4) is 0 Å². The maximum atomic E-state index is 13.5. The molecular weight excluding hydrogens is 518 g/mol. The number of hydrogen-bond donors (Lipinski definition) is 2. The lowest BCUT2D eigenvalue weighted by Gasteiger charge is -2.32. The molecule has 12 heteroatoms. The number of carbonyl (C=O) groups is 3. The zero-order valence-electron chi connectivity index (χ0n) is 21.3. The van der Waals surface area contributed by atoms with Gasteiger partial charge in [0.1, 0.15) is 15.5 Å². The lowest BCUT2D eigenvalue weighted by Crippen LogP contribution is -2.49. The van der Waals surface area contributed by atoms with Crippen LogP contribution in [0.25, 0.3) is 10.2 Å². The van der Waals surface area contributed by atoms with E-state index in [1.165, 1.54) is 18.3 Å². The summed E-state index contributed by atoms with van der Waals surface area (Å²) >= 11 is 1.24. The maximum Gasteiger partial charge on any atom is 0.331 e. The Balaban J connectivity index is 1.30. The highest BCUT2D eigenvalue weighted by Gasteiger charge is 2.34. The molecule has 4 amide bonds. The molecule has 198 valence electrons. The minimum absolute atomic E-state index is 0.00395. The van der Waals surface area contributed by atoms with Gasteiger partial charge in [0.15, 0.2) is 0 Å². The molecule has 1 fully saturated rings. The Bertz CT molecular complexity index is 1610. The van der Waals surface area contributed by atoms with Crippen LogP contribution in [0.15, 0.2) is 48.8 Å². The van der Waals surface area contributed by atoms with E-state index in [1.54, 1.807) is 46.5 Å². The fourth-order valence-corrected chi connectivity index (χ4v) is 6.04. The monoisotopic (exact) mass is 543 g/mol. The molecule has 1 unspecified atom stereocenters. The van der Waals surface area contributed by atoms with Crippen molar-refractivity contribution in [3.05, 3.63) is 59.2 Å². The predicted octanol–water partition coefficient (Wildman–Crippen LogP) is 4.61. The smallest absolute Gasteiger partial charge is 0.331 e. The number of likely N-dealkylation sites (tertiary alicyclic amines) is 1. The number of piperidine rings is 1. The molecule has 3 aromatic heterocycles. The van der Waals surface area contributed by atoms with Crippen LogP contribution >= 0.6 is 11.3 Å². The summed E-state index contributed by atoms with van der Waals surface area (Å²) in [5.74, 6) is 0.642. The van der Waals surface area contributed by atoms with Crippen molar-refractivity contribution >= 4 is 56.5 Å². The van der Waals surface area contributed by atoms with Gasteiger partial charge in [-0.05, 0) is 55.7 Å². The number of benzene rings is 1. The quantitative estimate of drug-likeness (QED) is 0.376. The van der Waals surface area contributed by atoms with Crippen LogP contribution in [0, 0.1) is 6.92 Å². The Hall–Kier alpha value is -4.58. The summed E-state index contributed by atoms with van der Waals surface area (Å²) in [7, 11) is 0. The highest BCUT2D eigenvalue weighted by molar-refractivity contribution is 7.21. The van der Waals surface area contributed by atoms with Crippen molar-refractivity contribution in [1.82, 2.24) is 25.4 Å². The van der Waals surface area contributed by atoms with Gasteiger partial charge in [0.25, 0.3) is 5.91 Å². The number of aromatic nitrogens is 3. The van der Waals surface area contributed by atoms with Gasteiger partial charge in [0, 0.05) is 44.5 Å². The molecule has 2 aliphatic rings. The zero-order valence-corrected chi connectivity index (χ0v) is 22.1. The SMILES string of the molecule is CC(=O)N1CCCC(NC(=O)c2sc3nccc4c3c2NC(=O)N4c2ccc(Oc3cccnn3)cc2C)C1. The van der Waals surface area contributed by atoms with Crippen LogP contribution < -0.4 is 20.3 Å². The van der Waals surface area contributed by atoms with E-state index in [0.717, 1.165) is 18.4 Å². The van der Waals surface area contributed by atoms with E-state index >= 15 is 0 Å². The summed E-state index contributed by atoms with van der Waals surface area (Å²) in [5, 5.41) is 14.5. The fourth-order valence-electron chi connectivity index (χ4n) is 5.02. The number of rotatable bonds is 5. The largest absolute Gasteiger partial charge is 0.438 e. The van der Waals surface area contributed by atoms with E-state index in [9.17, 15) is 14.4 Å². The first-order valence-corrected chi connectivity index (χ1v) is 13.4. The Kier molecular flexibility index (Phi) is 6.31. The highest BCUT2D eigenvalue weighted by Crippen LogP contribution is 2.46. The van der Waals surface area contributed by atoms with E-state index in [4.69, 9.17) is 4.74 Å². The zero-order chi connectivity index (χ0) is 27.1. The second kappa shape index (κ2) is 9.95. The molecule has 1 aromatic carbocycles. The summed E-state index contributed by atoms with van der Waals surface area (Å²) < 4.78 is 5.79. The molecule has 0 bridgehead atoms. The first kappa shape index (κ1) is 24.7. The van der Waals surface area contributed by atoms with Gasteiger partial charge in [-0.15, -0.1) is 16.4 Å². The molecule has 1 atom stereocenters. The van der Waals surface area contributed by atoms with E-state index in [2.05, 4.69) is 25.8 Å². The number of urea groups is 1. The average Bonchev–Trinajstić information content (AvgIpc) is 3.30. The molecule has 39 heavy (non-hydrogen) atoms. The van der Waals surface area contributed by atoms with Crippen LogP contribution in [-0.4, -0.2) is 57.1 Å². The van der Waals surface area contributed by atoms with Gasteiger partial charge >= 0.3 is 6.03 Å². The summed E-state index contributed by atoms with van der Waals surface area (Å²) in [6.07, 6.45) is 4.81. The third-order valence-corrected chi connectivity index (χ3v) is 7.93. The van der Waals surface area contributed by atoms with Gasteiger partial charge in [0.05, 0.1) is 22.4 Å². The minimum Gasteiger partial charge on any atom is -0.438 e. The normalized spacial score (nSPS) is 16.7. The van der Waals surface area contributed by atoms with Crippen molar-refractivity contribution in [2.24, 2.45) is 0 Å². The number of amides is 4. The van der Waals surface area contributed by atoms with E-state index in [-0.39, 0.29) is 23.9 Å². The molecule has 2 N–H and O–H groups in total. The maximum absolute atomic E-state index is 13.5. The van der Waals surface area contributed by atoms with Gasteiger partial charge in [-0.25, -0.2) is 9.78 Å². The number of nitrogens with one attached hydrogen (secondary N) is 2. The number of carbonyl (C=O) groups excluding carboxylic acids is 3. The molecule has 6 rings (SSSR count). The minimum atomic E-state index is -0.381. The number of aryl methyl sites for hydroxylation is 1. The van der Waals surface area contributed by atoms with Crippen molar-refractivity contribution in [3.8, 4) is 11.6 Å². The molecular formula is C27H25N7O4S. The van der Waals surface area contributed by atoms with Crippen molar-refractivity contribution in [2.45, 2.75) is 32.7 Å². The topological polar surface area (TPSA) is 130 Å². The summed E-state index contributed by atoms with van der Waals surface area (Å²) in [5.41, 5.74) is 2.57. The Morgan fingerprint density at radius 3 is 2.82 bits per heavy atom. The number of thiophene rings is 1. The second-order valence-corrected chi connectivity index (χ2v) is 10.5. The molecule has 0 radical (unpaired) electrons. The van der Waals surface area contributed by atoms with Crippen LogP contribution in [-0.2, 0) is 4.79 Å². The lowest BCUT2D eigenvalue weighted by molar-refractivity contribution is -0.130. The van der Waals surface area contributed by atoms with Crippen LogP contribution in [0.4, 0.5) is 21.9 Å². The summed E-state index contributed by atoms with van der Waals surface area (Å²) in [6.45, 7) is 4.60. The van der Waals surface area contributed by atoms with Gasteiger partial charge in [-0.1, -0.05) is 0 Å². The van der Waals surface area contributed by atoms with E-state index in [0.29, 0.717) is 56.9 Å². The van der Waals surface area contributed by atoms with Crippen molar-refractivity contribution < 1.29 is 19.1 Å². The molecule has 4 aromatic rings. The molecule has 2 aliphatic heterocycles. The lowest BCUT2D eigenvalue weighted by atomic mass is 10.1. The Morgan fingerprint density at radius 2 is 2.05 bits per heavy atom. The number of ether oxygens (including phenoxy) is 1. The predicted molar refractivity (Wildman–Crippen MR) is 147 cm³/mol. The number of anilines is 3. The van der Waals surface area contributed by atoms with Gasteiger partial charge in [-0.2, -0.15) is 5.10 Å². The molecule has 0 aliphatic carbocycles. The third-order valence-electron chi connectivity index (χ3n) is 6.83. The molecule has 1 saturated heterocycles.